The van der Waals surface area contributed by atoms with Crippen LogP contribution in [0.4, 0.5) is 0 Å². The third kappa shape index (κ3) is 2.72. The lowest BCUT2D eigenvalue weighted by Crippen LogP contribution is -2.29. The number of rotatable bonds is 5. The molecule has 20 heavy (non-hydrogen) atoms. The second kappa shape index (κ2) is 5.94. The van der Waals surface area contributed by atoms with Gasteiger partial charge in [0, 0.05) is 31.6 Å². The summed E-state index contributed by atoms with van der Waals surface area (Å²) in [6.45, 7) is 4.49. The van der Waals surface area contributed by atoms with E-state index in [9.17, 15) is 0 Å². The van der Waals surface area contributed by atoms with Crippen molar-refractivity contribution in [2.24, 2.45) is 0 Å². The van der Waals surface area contributed by atoms with E-state index >= 15 is 0 Å². The lowest BCUT2D eigenvalue weighted by Gasteiger charge is -2.23. The maximum absolute atomic E-state index is 8.99. The topological polar surface area (TPSA) is 40.8 Å². The Hall–Kier alpha value is -1.39. The summed E-state index contributed by atoms with van der Waals surface area (Å²) in [6.07, 6.45) is 8.74. The van der Waals surface area contributed by atoms with Crippen molar-refractivity contribution in [3.63, 3.8) is 0 Å². The van der Waals surface area contributed by atoms with Gasteiger partial charge in [0.25, 0.3) is 0 Å². The SMILES string of the molecule is Cc1cccn2cc(CN3CCCC3CCCO)nc12. The molecular formula is C16H23N3O. The number of fused-ring (bicyclic) bond motifs is 1. The van der Waals surface area contributed by atoms with Gasteiger partial charge < -0.3 is 9.51 Å². The van der Waals surface area contributed by atoms with Crippen LogP contribution in [0, 0.1) is 6.92 Å². The summed E-state index contributed by atoms with van der Waals surface area (Å²) < 4.78 is 2.11. The maximum atomic E-state index is 8.99. The van der Waals surface area contributed by atoms with Gasteiger partial charge in [0.2, 0.25) is 0 Å². The number of aromatic nitrogens is 2. The zero-order chi connectivity index (χ0) is 13.9. The number of aliphatic hydroxyl groups is 1. The smallest absolute Gasteiger partial charge is 0.139 e. The molecule has 0 spiro atoms. The van der Waals surface area contributed by atoms with Crippen LogP contribution in [0.1, 0.15) is 36.9 Å². The Morgan fingerprint density at radius 2 is 2.35 bits per heavy atom. The highest BCUT2D eigenvalue weighted by Gasteiger charge is 2.24. The van der Waals surface area contributed by atoms with E-state index in [1.807, 2.05) is 0 Å². The molecule has 0 radical (unpaired) electrons. The fourth-order valence-corrected chi connectivity index (χ4v) is 3.25. The molecule has 3 heterocycles. The molecule has 1 N–H and O–H groups in total. The largest absolute Gasteiger partial charge is 0.396 e. The fraction of sp³-hybridized carbons (Fsp3) is 0.562. The number of aryl methyl sites for hydroxylation is 1. The summed E-state index contributed by atoms with van der Waals surface area (Å²) >= 11 is 0. The van der Waals surface area contributed by atoms with E-state index in [0.29, 0.717) is 12.6 Å². The van der Waals surface area contributed by atoms with E-state index in [1.165, 1.54) is 18.4 Å². The first kappa shape index (κ1) is 13.6. The average molecular weight is 273 g/mol. The summed E-state index contributed by atoms with van der Waals surface area (Å²) in [5.74, 6) is 0. The monoisotopic (exact) mass is 273 g/mol. The summed E-state index contributed by atoms with van der Waals surface area (Å²) in [5.41, 5.74) is 3.43. The summed E-state index contributed by atoms with van der Waals surface area (Å²) in [4.78, 5) is 7.28. The van der Waals surface area contributed by atoms with Gasteiger partial charge in [0.1, 0.15) is 5.65 Å². The van der Waals surface area contributed by atoms with Crippen LogP contribution in [0.25, 0.3) is 5.65 Å². The predicted octanol–water partition coefficient (Wildman–Crippen LogP) is 2.38. The zero-order valence-corrected chi connectivity index (χ0v) is 12.1. The molecule has 1 unspecified atom stereocenters. The maximum Gasteiger partial charge on any atom is 0.139 e. The molecular weight excluding hydrogens is 250 g/mol. The van der Waals surface area contributed by atoms with Gasteiger partial charge in [-0.15, -0.1) is 0 Å². The molecule has 3 rings (SSSR count). The Kier molecular flexibility index (Phi) is 4.03. The second-order valence-corrected chi connectivity index (χ2v) is 5.79. The van der Waals surface area contributed by atoms with Crippen LogP contribution in [0.3, 0.4) is 0 Å². The molecule has 0 bridgehead atoms. The van der Waals surface area contributed by atoms with Gasteiger partial charge in [-0.1, -0.05) is 6.07 Å². The Bertz CT molecular complexity index is 578. The van der Waals surface area contributed by atoms with Crippen molar-refractivity contribution in [2.45, 2.75) is 45.2 Å². The van der Waals surface area contributed by atoms with Crippen molar-refractivity contribution < 1.29 is 5.11 Å². The number of pyridine rings is 1. The van der Waals surface area contributed by atoms with Crippen LogP contribution in [0.15, 0.2) is 24.5 Å². The molecule has 0 aliphatic carbocycles. The molecule has 0 saturated carbocycles. The molecule has 108 valence electrons. The van der Waals surface area contributed by atoms with Gasteiger partial charge >= 0.3 is 0 Å². The third-order valence-electron chi connectivity index (χ3n) is 4.29. The number of nitrogens with zero attached hydrogens (tertiary/aromatic N) is 3. The second-order valence-electron chi connectivity index (χ2n) is 5.79. The minimum atomic E-state index is 0.303. The van der Waals surface area contributed by atoms with Crippen molar-refractivity contribution in [3.8, 4) is 0 Å². The molecule has 1 saturated heterocycles. The first-order chi connectivity index (χ1) is 9.78. The number of hydrogen-bond acceptors (Lipinski definition) is 3. The first-order valence-electron chi connectivity index (χ1n) is 7.56. The lowest BCUT2D eigenvalue weighted by atomic mass is 10.1. The van der Waals surface area contributed by atoms with Gasteiger partial charge in [-0.2, -0.15) is 0 Å². The average Bonchev–Trinajstić information content (AvgIpc) is 3.04. The minimum Gasteiger partial charge on any atom is -0.396 e. The van der Waals surface area contributed by atoms with E-state index < -0.39 is 0 Å². The number of imidazole rings is 1. The zero-order valence-electron chi connectivity index (χ0n) is 12.1. The third-order valence-corrected chi connectivity index (χ3v) is 4.29. The van der Waals surface area contributed by atoms with Crippen molar-refractivity contribution in [1.29, 1.82) is 0 Å². The number of likely N-dealkylation sites (tertiary alicyclic amines) is 1. The van der Waals surface area contributed by atoms with E-state index in [1.54, 1.807) is 0 Å². The highest BCUT2D eigenvalue weighted by Crippen LogP contribution is 2.23. The molecule has 4 heteroatoms. The van der Waals surface area contributed by atoms with Crippen LogP contribution < -0.4 is 0 Å². The molecule has 0 amide bonds. The molecule has 1 fully saturated rings. The van der Waals surface area contributed by atoms with Crippen LogP contribution in [-0.2, 0) is 6.54 Å². The van der Waals surface area contributed by atoms with Gasteiger partial charge in [0.15, 0.2) is 0 Å². The van der Waals surface area contributed by atoms with Crippen molar-refractivity contribution in [3.05, 3.63) is 35.8 Å². The molecule has 0 aromatic carbocycles. The van der Waals surface area contributed by atoms with E-state index in [4.69, 9.17) is 10.1 Å². The molecule has 2 aromatic heterocycles. The Morgan fingerprint density at radius 1 is 1.45 bits per heavy atom. The van der Waals surface area contributed by atoms with Gasteiger partial charge in [-0.3, -0.25) is 4.90 Å². The molecule has 1 atom stereocenters. The minimum absolute atomic E-state index is 0.303. The number of aliphatic hydroxyl groups excluding tert-OH is 1. The quantitative estimate of drug-likeness (QED) is 0.909. The van der Waals surface area contributed by atoms with Crippen LogP contribution in [-0.4, -0.2) is 38.6 Å². The van der Waals surface area contributed by atoms with Crippen molar-refractivity contribution in [2.75, 3.05) is 13.2 Å². The van der Waals surface area contributed by atoms with Crippen molar-refractivity contribution in [1.82, 2.24) is 14.3 Å². The van der Waals surface area contributed by atoms with E-state index in [2.05, 4.69) is 40.8 Å². The standard InChI is InChI=1S/C16H23N3O/c1-13-5-2-9-19-12-14(17-16(13)19)11-18-8-3-6-15(18)7-4-10-20/h2,5,9,12,15,20H,3-4,6-8,10-11H2,1H3. The van der Waals surface area contributed by atoms with Gasteiger partial charge in [-0.05, 0) is 50.8 Å². The lowest BCUT2D eigenvalue weighted by molar-refractivity contribution is 0.208. The summed E-state index contributed by atoms with van der Waals surface area (Å²) in [7, 11) is 0. The molecule has 4 nitrogen and oxygen atoms in total. The van der Waals surface area contributed by atoms with E-state index in [0.717, 1.165) is 37.3 Å². The summed E-state index contributed by atoms with van der Waals surface area (Å²) in [6, 6.07) is 4.78. The summed E-state index contributed by atoms with van der Waals surface area (Å²) in [5, 5.41) is 8.99. The Morgan fingerprint density at radius 3 is 3.15 bits per heavy atom. The highest BCUT2D eigenvalue weighted by atomic mass is 16.2. The Labute approximate surface area is 120 Å². The predicted molar refractivity (Wildman–Crippen MR) is 79.7 cm³/mol. The molecule has 1 aliphatic rings. The van der Waals surface area contributed by atoms with E-state index in [-0.39, 0.29) is 0 Å². The number of hydrogen-bond donors (Lipinski definition) is 1. The van der Waals surface area contributed by atoms with Crippen LogP contribution in [0.2, 0.25) is 0 Å². The first-order valence-corrected chi connectivity index (χ1v) is 7.56. The highest BCUT2D eigenvalue weighted by molar-refractivity contribution is 5.47. The van der Waals surface area contributed by atoms with Gasteiger partial charge in [0.05, 0.1) is 5.69 Å². The van der Waals surface area contributed by atoms with Gasteiger partial charge in [-0.25, -0.2) is 4.98 Å². The van der Waals surface area contributed by atoms with Crippen molar-refractivity contribution >= 4 is 5.65 Å². The van der Waals surface area contributed by atoms with Crippen LogP contribution >= 0.6 is 0 Å². The molecule has 2 aromatic rings. The normalized spacial score (nSPS) is 20.0. The fourth-order valence-electron chi connectivity index (χ4n) is 3.25. The van der Waals surface area contributed by atoms with Crippen LogP contribution in [0.5, 0.6) is 0 Å². The molecule has 1 aliphatic heterocycles. The Balaban J connectivity index is 1.73.